The predicted octanol–water partition coefficient (Wildman–Crippen LogP) is 18.1. The number of nitrogens with zero attached hydrogens (tertiary/aromatic N) is 4. The zero-order chi connectivity index (χ0) is 47.7. The molecule has 8 aromatic rings. The van der Waals surface area contributed by atoms with E-state index in [1.807, 2.05) is 0 Å². The van der Waals surface area contributed by atoms with Crippen LogP contribution < -0.4 is 14.7 Å². The molecule has 0 spiro atoms. The van der Waals surface area contributed by atoms with E-state index < -0.39 is 0 Å². The average molecular weight is 913 g/mol. The van der Waals surface area contributed by atoms with Crippen LogP contribution in [0, 0.1) is 11.8 Å². The summed E-state index contributed by atoms with van der Waals surface area (Å²) in [6.45, 7) is 18.4. The molecule has 348 valence electrons. The fourth-order valence-electron chi connectivity index (χ4n) is 12.8. The minimum Gasteiger partial charge on any atom is -0.338 e. The van der Waals surface area contributed by atoms with E-state index >= 15 is 0 Å². The summed E-state index contributed by atoms with van der Waals surface area (Å²) in [5, 5.41) is 5.23. The molecule has 3 atom stereocenters. The van der Waals surface area contributed by atoms with Crippen LogP contribution in [0.4, 0.5) is 34.1 Å². The van der Waals surface area contributed by atoms with Gasteiger partial charge in [-0.1, -0.05) is 158 Å². The molecular formula is C66H64N4. The molecule has 4 nitrogen and oxygen atoms in total. The summed E-state index contributed by atoms with van der Waals surface area (Å²) in [7, 11) is 0. The Morgan fingerprint density at radius 2 is 1.24 bits per heavy atom. The summed E-state index contributed by atoms with van der Waals surface area (Å²) in [6.07, 6.45) is 22.5. The molecule has 3 unspecified atom stereocenters. The number of rotatable bonds is 10. The summed E-state index contributed by atoms with van der Waals surface area (Å²) in [6, 6.07) is 45.4. The van der Waals surface area contributed by atoms with E-state index in [1.54, 1.807) is 5.57 Å². The average Bonchev–Trinajstić information content (AvgIpc) is 4.10. The van der Waals surface area contributed by atoms with Gasteiger partial charge in [0.2, 0.25) is 0 Å². The summed E-state index contributed by atoms with van der Waals surface area (Å²) in [4.78, 5) is 7.82. The van der Waals surface area contributed by atoms with Crippen LogP contribution in [0.5, 0.6) is 0 Å². The van der Waals surface area contributed by atoms with E-state index in [-0.39, 0.29) is 18.0 Å². The smallest absolute Gasteiger partial charge is 0.0702 e. The highest BCUT2D eigenvalue weighted by Gasteiger charge is 2.47. The Morgan fingerprint density at radius 1 is 0.557 bits per heavy atom. The maximum absolute atomic E-state index is 2.71. The highest BCUT2D eigenvalue weighted by Crippen LogP contribution is 2.60. The number of hydrogen-bond donors (Lipinski definition) is 0. The molecule has 4 heterocycles. The van der Waals surface area contributed by atoms with Crippen molar-refractivity contribution in [3.63, 3.8) is 0 Å². The Balaban J connectivity index is 0.958. The Morgan fingerprint density at radius 3 is 1.89 bits per heavy atom. The quantitative estimate of drug-likeness (QED) is 0.136. The summed E-state index contributed by atoms with van der Waals surface area (Å²) in [5.74, 6) is 2.29. The van der Waals surface area contributed by atoms with Crippen LogP contribution in [-0.2, 0) is 0 Å². The molecule has 0 bridgehead atoms. The Hall–Kier alpha value is -7.04. The van der Waals surface area contributed by atoms with Gasteiger partial charge in [0.05, 0.1) is 34.3 Å². The van der Waals surface area contributed by atoms with Crippen LogP contribution in [0.2, 0.25) is 0 Å². The van der Waals surface area contributed by atoms with E-state index in [9.17, 15) is 0 Å². The topological polar surface area (TPSA) is 14.1 Å². The summed E-state index contributed by atoms with van der Waals surface area (Å²) in [5.41, 5.74) is 22.6. The van der Waals surface area contributed by atoms with Gasteiger partial charge in [0.1, 0.15) is 0 Å². The first-order valence-electron chi connectivity index (χ1n) is 26.2. The minimum atomic E-state index is 0.235. The third kappa shape index (κ3) is 6.55. The molecule has 5 aliphatic rings. The zero-order valence-corrected chi connectivity index (χ0v) is 42.0. The standard InChI is InChI=1S/C66H64N4/c1-39(2)43-15-23-47(24-16-43)67(48-25-17-44(18-26-48)40(3)4)51-31-33-53-55-11-9-13-57-59-38-64-60(37-63(59)69(65(55)57)61(53)35-51)58-14-10-12-56-54-34-32-52(36-62(54)70(64)66(56)58)68(49-27-19-45(20-28-49)41(5)6)50-29-21-46(22-30-50)42(7)8/h9-21,23-27,29,31-42,49,58,66H,22,28,30H2,1-8H3. The van der Waals surface area contributed by atoms with E-state index in [0.29, 0.717) is 23.7 Å². The largest absolute Gasteiger partial charge is 0.338 e. The number of aromatic nitrogens is 1. The van der Waals surface area contributed by atoms with Gasteiger partial charge in [-0.2, -0.15) is 0 Å². The van der Waals surface area contributed by atoms with E-state index in [2.05, 4.69) is 238 Å². The van der Waals surface area contributed by atoms with E-state index in [1.165, 1.54) is 94.3 Å². The van der Waals surface area contributed by atoms with Crippen LogP contribution >= 0.6 is 0 Å². The van der Waals surface area contributed by atoms with Gasteiger partial charge in [-0.05, 0) is 138 Å². The molecule has 2 aliphatic heterocycles. The van der Waals surface area contributed by atoms with Crippen molar-refractivity contribution < 1.29 is 0 Å². The van der Waals surface area contributed by atoms with Gasteiger partial charge in [0, 0.05) is 67.2 Å². The van der Waals surface area contributed by atoms with Crippen LogP contribution in [0.3, 0.4) is 0 Å². The van der Waals surface area contributed by atoms with Gasteiger partial charge >= 0.3 is 0 Å². The maximum Gasteiger partial charge on any atom is 0.0702 e. The molecule has 2 aromatic heterocycles. The van der Waals surface area contributed by atoms with E-state index in [4.69, 9.17) is 0 Å². The van der Waals surface area contributed by atoms with Crippen molar-refractivity contribution in [3.8, 4) is 0 Å². The number of allylic oxidation sites excluding steroid dienone is 8. The van der Waals surface area contributed by atoms with Crippen molar-refractivity contribution in [1.29, 1.82) is 0 Å². The van der Waals surface area contributed by atoms with Crippen molar-refractivity contribution >= 4 is 77.8 Å². The lowest BCUT2D eigenvalue weighted by atomic mass is 9.85. The molecule has 6 aromatic carbocycles. The van der Waals surface area contributed by atoms with Crippen molar-refractivity contribution in [1.82, 2.24) is 4.40 Å². The molecule has 3 aliphatic carbocycles. The highest BCUT2D eigenvalue weighted by atomic mass is 15.2. The Bertz CT molecular complexity index is 3550. The third-order valence-corrected chi connectivity index (χ3v) is 16.6. The van der Waals surface area contributed by atoms with Gasteiger partial charge < -0.3 is 19.1 Å². The fourth-order valence-corrected chi connectivity index (χ4v) is 12.8. The first kappa shape index (κ1) is 43.0. The molecule has 70 heavy (non-hydrogen) atoms. The molecule has 13 rings (SSSR count). The van der Waals surface area contributed by atoms with Crippen LogP contribution in [-0.4, -0.2) is 16.5 Å². The second kappa shape index (κ2) is 16.3. The van der Waals surface area contributed by atoms with E-state index in [0.717, 1.165) is 36.3 Å². The second-order valence-electron chi connectivity index (χ2n) is 22.0. The zero-order valence-electron chi connectivity index (χ0n) is 42.0. The van der Waals surface area contributed by atoms with Crippen molar-refractivity contribution in [3.05, 3.63) is 203 Å². The number of anilines is 6. The van der Waals surface area contributed by atoms with Crippen molar-refractivity contribution in [2.75, 3.05) is 14.7 Å². The molecule has 0 fully saturated rings. The molecular weight excluding hydrogens is 849 g/mol. The molecule has 0 amide bonds. The predicted molar refractivity (Wildman–Crippen MR) is 299 cm³/mol. The second-order valence-corrected chi connectivity index (χ2v) is 22.0. The van der Waals surface area contributed by atoms with Gasteiger partial charge in [0.15, 0.2) is 0 Å². The summed E-state index contributed by atoms with van der Waals surface area (Å²) < 4.78 is 2.59. The number of benzene rings is 6. The minimum absolute atomic E-state index is 0.235. The van der Waals surface area contributed by atoms with Gasteiger partial charge in [-0.3, -0.25) is 0 Å². The molecule has 4 heteroatoms. The van der Waals surface area contributed by atoms with Gasteiger partial charge in [-0.25, -0.2) is 0 Å². The van der Waals surface area contributed by atoms with Crippen molar-refractivity contribution in [2.45, 2.75) is 104 Å². The normalized spacial score (nSPS) is 19.3. The summed E-state index contributed by atoms with van der Waals surface area (Å²) >= 11 is 0. The van der Waals surface area contributed by atoms with Crippen molar-refractivity contribution in [2.24, 2.45) is 11.8 Å². The lowest BCUT2D eigenvalue weighted by Crippen LogP contribution is -2.35. The Kier molecular flexibility index (Phi) is 10.00. The van der Waals surface area contributed by atoms with Crippen LogP contribution in [0.25, 0.3) is 43.7 Å². The molecule has 0 saturated heterocycles. The fraction of sp³-hybridized carbons (Fsp3) is 0.273. The first-order valence-corrected chi connectivity index (χ1v) is 26.2. The first-order chi connectivity index (χ1) is 34.0. The number of fused-ring (bicyclic) bond motifs is 12. The number of para-hydroxylation sites is 1. The van der Waals surface area contributed by atoms with Gasteiger partial charge in [0.25, 0.3) is 0 Å². The molecule has 0 saturated carbocycles. The molecule has 0 radical (unpaired) electrons. The molecule has 0 N–H and O–H groups in total. The van der Waals surface area contributed by atoms with Crippen LogP contribution in [0.1, 0.15) is 115 Å². The SMILES string of the molecule is CC(C)C1=CCC(N(C2=CC=C(C(C)C)CC2)c2ccc3c(c2)N2c4cc5c6cccc7c8ccc(N(c9ccc(C(C)C)cc9)c9ccc(C(C)C)cc9)cc8n(c5cc4C4C=CC=C3C42)c76)C=C1. The third-order valence-electron chi connectivity index (χ3n) is 16.6. The van der Waals surface area contributed by atoms with Gasteiger partial charge in [-0.15, -0.1) is 0 Å². The number of hydrogen-bond acceptors (Lipinski definition) is 3. The maximum atomic E-state index is 2.71. The Labute approximate surface area is 414 Å². The van der Waals surface area contributed by atoms with Crippen LogP contribution in [0.15, 0.2) is 181 Å². The lowest BCUT2D eigenvalue weighted by molar-refractivity contribution is 0.661. The monoisotopic (exact) mass is 913 g/mol. The highest BCUT2D eigenvalue weighted by molar-refractivity contribution is 6.24. The lowest BCUT2D eigenvalue weighted by Gasteiger charge is -2.37.